The largest absolute Gasteiger partial charge is 0.458 e. The number of amides is 1. The van der Waals surface area contributed by atoms with Crippen molar-refractivity contribution in [3.8, 4) is 0 Å². The van der Waals surface area contributed by atoms with Crippen molar-refractivity contribution in [2.24, 2.45) is 0 Å². The number of aliphatic hydroxyl groups is 2. The summed E-state index contributed by atoms with van der Waals surface area (Å²) in [6.45, 7) is 6.44. The van der Waals surface area contributed by atoms with Crippen LogP contribution in [0, 0.1) is 0 Å². The van der Waals surface area contributed by atoms with E-state index in [4.69, 9.17) is 4.74 Å². The Morgan fingerprint density at radius 3 is 1.40 bits per heavy atom. The van der Waals surface area contributed by atoms with Crippen molar-refractivity contribution >= 4 is 11.9 Å². The predicted octanol–water partition coefficient (Wildman–Crippen LogP) is 15.5. The van der Waals surface area contributed by atoms with Gasteiger partial charge in [0.25, 0.3) is 0 Å². The lowest BCUT2D eigenvalue weighted by atomic mass is 10.0. The number of hydrogen-bond donors (Lipinski definition) is 3. The number of aliphatic hydroxyl groups excluding tert-OH is 2. The maximum absolute atomic E-state index is 13.1. The highest BCUT2D eigenvalue weighted by atomic mass is 16.5. The molecule has 0 aromatic carbocycles. The van der Waals surface area contributed by atoms with Gasteiger partial charge in [-0.1, -0.05) is 230 Å². The molecule has 0 aliphatic carbocycles. The first-order chi connectivity index (χ1) is 29.5. The van der Waals surface area contributed by atoms with Gasteiger partial charge in [0.1, 0.15) is 6.10 Å². The zero-order valence-electron chi connectivity index (χ0n) is 39.8. The van der Waals surface area contributed by atoms with Gasteiger partial charge in [-0.2, -0.15) is 0 Å². The molecule has 0 heterocycles. The van der Waals surface area contributed by atoms with Crippen molar-refractivity contribution in [3.63, 3.8) is 0 Å². The molecule has 0 aromatic heterocycles. The van der Waals surface area contributed by atoms with Crippen molar-refractivity contribution < 1.29 is 24.5 Å². The SMILES string of the molecule is CCCCCCCC/C=C\C/C=C/C(CC(=O)NC(CO)C(O)CCCCCCCCCCCCCCCC)OC(=O)CCCCC/C=C/C=C/CCCCCCCCC. The molecule has 3 N–H and O–H groups in total. The molecule has 0 bridgehead atoms. The van der Waals surface area contributed by atoms with Gasteiger partial charge in [0.05, 0.1) is 25.2 Å². The Kier molecular flexibility index (Phi) is 46.1. The third kappa shape index (κ3) is 42.5. The number of unbranched alkanes of at least 4 members (excludes halogenated alkanes) is 29. The first-order valence-corrected chi connectivity index (χ1v) is 25.9. The molecular weight excluding hydrogens is 743 g/mol. The molecular formula is C54H99NO5. The molecule has 1 amide bonds. The van der Waals surface area contributed by atoms with Crippen LogP contribution in [-0.2, 0) is 14.3 Å². The van der Waals surface area contributed by atoms with E-state index in [-0.39, 0.29) is 24.9 Å². The zero-order valence-corrected chi connectivity index (χ0v) is 39.8. The highest BCUT2D eigenvalue weighted by Crippen LogP contribution is 2.16. The van der Waals surface area contributed by atoms with Crippen LogP contribution in [0.1, 0.15) is 258 Å². The summed E-state index contributed by atoms with van der Waals surface area (Å²) < 4.78 is 5.81. The Morgan fingerprint density at radius 1 is 0.517 bits per heavy atom. The van der Waals surface area contributed by atoms with Gasteiger partial charge in [0.15, 0.2) is 0 Å². The molecule has 0 aliphatic heterocycles. The van der Waals surface area contributed by atoms with Crippen LogP contribution in [0.3, 0.4) is 0 Å². The van der Waals surface area contributed by atoms with E-state index >= 15 is 0 Å². The first-order valence-electron chi connectivity index (χ1n) is 25.9. The Morgan fingerprint density at radius 2 is 0.933 bits per heavy atom. The van der Waals surface area contributed by atoms with Gasteiger partial charge >= 0.3 is 5.97 Å². The van der Waals surface area contributed by atoms with Crippen LogP contribution in [0.2, 0.25) is 0 Å². The van der Waals surface area contributed by atoms with E-state index < -0.39 is 18.2 Å². The van der Waals surface area contributed by atoms with Crippen molar-refractivity contribution in [2.75, 3.05) is 6.61 Å². The van der Waals surface area contributed by atoms with E-state index in [9.17, 15) is 19.8 Å². The predicted molar refractivity (Wildman–Crippen MR) is 259 cm³/mol. The molecule has 0 aromatic rings. The maximum atomic E-state index is 13.1. The second-order valence-electron chi connectivity index (χ2n) is 17.6. The van der Waals surface area contributed by atoms with Crippen LogP contribution in [0.15, 0.2) is 48.6 Å². The number of allylic oxidation sites excluding steroid dienone is 7. The molecule has 3 unspecified atom stereocenters. The fraction of sp³-hybridized carbons (Fsp3) is 0.815. The average Bonchev–Trinajstić information content (AvgIpc) is 3.24. The van der Waals surface area contributed by atoms with E-state index in [0.29, 0.717) is 19.3 Å². The molecule has 0 radical (unpaired) electrons. The Balaban J connectivity index is 4.63. The van der Waals surface area contributed by atoms with Crippen LogP contribution in [0.5, 0.6) is 0 Å². The summed E-state index contributed by atoms with van der Waals surface area (Å²) in [7, 11) is 0. The average molecular weight is 842 g/mol. The zero-order chi connectivity index (χ0) is 43.8. The minimum atomic E-state index is -0.814. The van der Waals surface area contributed by atoms with Crippen molar-refractivity contribution in [2.45, 2.75) is 277 Å². The first kappa shape index (κ1) is 57.8. The Labute approximate surface area is 372 Å². The summed E-state index contributed by atoms with van der Waals surface area (Å²) in [6.07, 6.45) is 57.7. The highest BCUT2D eigenvalue weighted by Gasteiger charge is 2.23. The van der Waals surface area contributed by atoms with Gasteiger partial charge in [-0.05, 0) is 63.9 Å². The molecule has 0 spiro atoms. The third-order valence-corrected chi connectivity index (χ3v) is 11.7. The van der Waals surface area contributed by atoms with Crippen LogP contribution < -0.4 is 5.32 Å². The lowest BCUT2D eigenvalue weighted by molar-refractivity contribution is -0.148. The van der Waals surface area contributed by atoms with E-state index in [1.165, 1.54) is 154 Å². The highest BCUT2D eigenvalue weighted by molar-refractivity contribution is 5.78. The van der Waals surface area contributed by atoms with Gasteiger partial charge in [0.2, 0.25) is 5.91 Å². The number of carbonyl (C=O) groups is 2. The Hall–Kier alpha value is -2.18. The molecule has 350 valence electrons. The summed E-state index contributed by atoms with van der Waals surface area (Å²) in [5, 5.41) is 23.7. The van der Waals surface area contributed by atoms with Crippen molar-refractivity contribution in [1.29, 1.82) is 0 Å². The lowest BCUT2D eigenvalue weighted by Gasteiger charge is -2.23. The molecule has 0 saturated heterocycles. The van der Waals surface area contributed by atoms with E-state index in [2.05, 4.69) is 62.5 Å². The lowest BCUT2D eigenvalue weighted by Crippen LogP contribution is -2.46. The third-order valence-electron chi connectivity index (χ3n) is 11.7. The monoisotopic (exact) mass is 842 g/mol. The smallest absolute Gasteiger partial charge is 0.306 e. The summed E-state index contributed by atoms with van der Waals surface area (Å²) in [4.78, 5) is 26.0. The maximum Gasteiger partial charge on any atom is 0.306 e. The van der Waals surface area contributed by atoms with Gasteiger partial charge < -0.3 is 20.3 Å². The van der Waals surface area contributed by atoms with Gasteiger partial charge in [-0.15, -0.1) is 0 Å². The minimum Gasteiger partial charge on any atom is -0.458 e. The summed E-state index contributed by atoms with van der Waals surface area (Å²) in [5.74, 6) is -0.630. The number of rotatable bonds is 46. The van der Waals surface area contributed by atoms with Crippen molar-refractivity contribution in [1.82, 2.24) is 5.32 Å². The summed E-state index contributed by atoms with van der Waals surface area (Å²) in [5.41, 5.74) is 0. The Bertz CT molecular complexity index is 1040. The molecule has 0 saturated carbocycles. The van der Waals surface area contributed by atoms with E-state index in [1.54, 1.807) is 0 Å². The fourth-order valence-electron chi connectivity index (χ4n) is 7.68. The van der Waals surface area contributed by atoms with Crippen LogP contribution in [0.4, 0.5) is 0 Å². The minimum absolute atomic E-state index is 0.0386. The summed E-state index contributed by atoms with van der Waals surface area (Å²) in [6, 6.07) is -0.737. The van der Waals surface area contributed by atoms with Gasteiger partial charge in [-0.3, -0.25) is 9.59 Å². The second-order valence-corrected chi connectivity index (χ2v) is 17.6. The number of carbonyl (C=O) groups excluding carboxylic acids is 2. The fourth-order valence-corrected chi connectivity index (χ4v) is 7.68. The molecule has 60 heavy (non-hydrogen) atoms. The quantitative estimate of drug-likeness (QED) is 0.0246. The second kappa shape index (κ2) is 47.9. The van der Waals surface area contributed by atoms with Crippen molar-refractivity contribution in [3.05, 3.63) is 48.6 Å². The number of esters is 1. The van der Waals surface area contributed by atoms with Crippen LogP contribution in [-0.4, -0.2) is 46.9 Å². The topological polar surface area (TPSA) is 95.9 Å². The summed E-state index contributed by atoms with van der Waals surface area (Å²) >= 11 is 0. The normalized spacial score (nSPS) is 13.6. The number of nitrogens with one attached hydrogen (secondary N) is 1. The molecule has 0 rings (SSSR count). The number of ether oxygens (including phenoxy) is 1. The van der Waals surface area contributed by atoms with Crippen LogP contribution >= 0.6 is 0 Å². The molecule has 3 atom stereocenters. The van der Waals surface area contributed by atoms with Gasteiger partial charge in [-0.25, -0.2) is 0 Å². The molecule has 0 fully saturated rings. The van der Waals surface area contributed by atoms with Crippen LogP contribution in [0.25, 0.3) is 0 Å². The van der Waals surface area contributed by atoms with Gasteiger partial charge in [0, 0.05) is 6.42 Å². The van der Waals surface area contributed by atoms with E-state index in [0.717, 1.165) is 57.8 Å². The standard InChI is InChI=1S/C54H99NO5/c1-4-7-10-13-16-19-22-24-26-27-29-32-35-38-41-44-47-54(59)60-50(45-42-39-36-33-30-21-18-15-12-9-6-3)48-53(58)55-51(49-56)52(57)46-43-40-37-34-31-28-25-23-20-17-14-11-8-5-2/h26-27,29,32-33,36,42,45,50-52,56-57H,4-25,28,30-31,34-35,37-41,43-44,46-49H2,1-3H3,(H,55,58)/b27-26+,32-29+,36-33-,45-42+. The van der Waals surface area contributed by atoms with E-state index in [1.807, 2.05) is 12.2 Å². The number of hydrogen-bond acceptors (Lipinski definition) is 5. The molecule has 0 aliphatic rings. The molecule has 6 nitrogen and oxygen atoms in total. The molecule has 6 heteroatoms.